The number of oxazole rings is 1. The summed E-state index contributed by atoms with van der Waals surface area (Å²) in [5.74, 6) is 1.42. The SMILES string of the molecule is CN=C(NCc1coc(-c2ccc(C)cc2)n1)NC1CCN(c2ccc(C)cc2)C1. The van der Waals surface area contributed by atoms with Crippen LogP contribution in [0.15, 0.2) is 64.2 Å². The zero-order valence-corrected chi connectivity index (χ0v) is 17.9. The van der Waals surface area contributed by atoms with E-state index in [1.165, 1.54) is 16.8 Å². The maximum atomic E-state index is 5.64. The number of nitrogens with one attached hydrogen (secondary N) is 2. The molecule has 1 saturated heterocycles. The topological polar surface area (TPSA) is 65.7 Å². The van der Waals surface area contributed by atoms with Crippen LogP contribution in [-0.2, 0) is 6.54 Å². The molecule has 2 heterocycles. The Morgan fingerprint density at radius 2 is 1.80 bits per heavy atom. The van der Waals surface area contributed by atoms with Crippen molar-refractivity contribution < 1.29 is 4.42 Å². The molecule has 0 spiro atoms. The molecule has 6 heteroatoms. The number of aliphatic imine (C=N–C) groups is 1. The third-order valence-corrected chi connectivity index (χ3v) is 5.44. The predicted molar refractivity (Wildman–Crippen MR) is 122 cm³/mol. The highest BCUT2D eigenvalue weighted by atomic mass is 16.3. The van der Waals surface area contributed by atoms with Crippen molar-refractivity contribution in [3.05, 3.63) is 71.6 Å². The quantitative estimate of drug-likeness (QED) is 0.500. The van der Waals surface area contributed by atoms with Gasteiger partial charge < -0.3 is 20.0 Å². The summed E-state index contributed by atoms with van der Waals surface area (Å²) in [6, 6.07) is 17.3. The van der Waals surface area contributed by atoms with Gasteiger partial charge in [0.15, 0.2) is 5.96 Å². The Kier molecular flexibility index (Phi) is 6.02. The van der Waals surface area contributed by atoms with Crippen LogP contribution < -0.4 is 15.5 Å². The number of nitrogens with zero attached hydrogens (tertiary/aromatic N) is 3. The second kappa shape index (κ2) is 9.03. The van der Waals surface area contributed by atoms with Crippen molar-refractivity contribution in [1.29, 1.82) is 0 Å². The molecule has 30 heavy (non-hydrogen) atoms. The van der Waals surface area contributed by atoms with E-state index in [9.17, 15) is 0 Å². The Hall–Kier alpha value is -3.28. The van der Waals surface area contributed by atoms with Crippen LogP contribution in [0, 0.1) is 13.8 Å². The molecule has 1 unspecified atom stereocenters. The average Bonchev–Trinajstić information content (AvgIpc) is 3.42. The van der Waals surface area contributed by atoms with Crippen LogP contribution >= 0.6 is 0 Å². The molecule has 0 bridgehead atoms. The summed E-state index contributed by atoms with van der Waals surface area (Å²) in [7, 11) is 1.79. The first-order chi connectivity index (χ1) is 14.6. The molecule has 6 nitrogen and oxygen atoms in total. The average molecular weight is 404 g/mol. The predicted octanol–water partition coefficient (Wildman–Crippen LogP) is 3.90. The van der Waals surface area contributed by atoms with Crippen LogP contribution in [0.2, 0.25) is 0 Å². The summed E-state index contributed by atoms with van der Waals surface area (Å²) in [6.45, 7) is 6.75. The highest BCUT2D eigenvalue weighted by Crippen LogP contribution is 2.21. The lowest BCUT2D eigenvalue weighted by molar-refractivity contribution is 0.572. The summed E-state index contributed by atoms with van der Waals surface area (Å²) in [5.41, 5.74) is 5.61. The Morgan fingerprint density at radius 3 is 2.50 bits per heavy atom. The van der Waals surface area contributed by atoms with Crippen LogP contribution in [0.5, 0.6) is 0 Å². The number of rotatable bonds is 5. The van der Waals surface area contributed by atoms with Crippen molar-refractivity contribution in [3.8, 4) is 11.5 Å². The molecule has 2 aromatic carbocycles. The van der Waals surface area contributed by atoms with Gasteiger partial charge in [-0.1, -0.05) is 35.4 Å². The van der Waals surface area contributed by atoms with Gasteiger partial charge >= 0.3 is 0 Å². The smallest absolute Gasteiger partial charge is 0.226 e. The van der Waals surface area contributed by atoms with E-state index in [2.05, 4.69) is 75.8 Å². The first kappa shape index (κ1) is 20.0. The molecule has 0 saturated carbocycles. The second-order valence-corrected chi connectivity index (χ2v) is 7.85. The van der Waals surface area contributed by atoms with Gasteiger partial charge in [0, 0.05) is 37.4 Å². The zero-order valence-electron chi connectivity index (χ0n) is 17.9. The molecule has 1 aliphatic heterocycles. The molecular formula is C24H29N5O. The summed E-state index contributed by atoms with van der Waals surface area (Å²) in [6.07, 6.45) is 2.78. The highest BCUT2D eigenvalue weighted by molar-refractivity contribution is 5.80. The molecule has 1 aromatic heterocycles. The number of aromatic nitrogens is 1. The number of guanidine groups is 1. The molecule has 1 fully saturated rings. The molecule has 0 amide bonds. The van der Waals surface area contributed by atoms with Crippen molar-refractivity contribution in [1.82, 2.24) is 15.6 Å². The van der Waals surface area contributed by atoms with E-state index < -0.39 is 0 Å². The Balaban J connectivity index is 1.29. The van der Waals surface area contributed by atoms with Crippen LogP contribution in [0.25, 0.3) is 11.5 Å². The molecule has 1 atom stereocenters. The van der Waals surface area contributed by atoms with Gasteiger partial charge in [0.25, 0.3) is 0 Å². The molecule has 1 aliphatic rings. The summed E-state index contributed by atoms with van der Waals surface area (Å²) in [5, 5.41) is 6.88. The fourth-order valence-corrected chi connectivity index (χ4v) is 3.65. The first-order valence-electron chi connectivity index (χ1n) is 10.4. The number of hydrogen-bond donors (Lipinski definition) is 2. The van der Waals surface area contributed by atoms with E-state index in [0.29, 0.717) is 18.5 Å². The monoisotopic (exact) mass is 403 g/mol. The molecule has 0 aliphatic carbocycles. The third kappa shape index (κ3) is 4.82. The van der Waals surface area contributed by atoms with Gasteiger partial charge in [0.2, 0.25) is 5.89 Å². The van der Waals surface area contributed by atoms with Crippen molar-refractivity contribution >= 4 is 11.6 Å². The minimum atomic E-state index is 0.359. The number of hydrogen-bond acceptors (Lipinski definition) is 4. The van der Waals surface area contributed by atoms with Crippen LogP contribution in [0.4, 0.5) is 5.69 Å². The third-order valence-electron chi connectivity index (χ3n) is 5.44. The minimum absolute atomic E-state index is 0.359. The number of anilines is 1. The van der Waals surface area contributed by atoms with Gasteiger partial charge in [0.1, 0.15) is 6.26 Å². The van der Waals surface area contributed by atoms with E-state index in [1.807, 2.05) is 12.1 Å². The van der Waals surface area contributed by atoms with E-state index in [4.69, 9.17) is 4.42 Å². The number of aryl methyl sites for hydroxylation is 2. The van der Waals surface area contributed by atoms with E-state index in [1.54, 1.807) is 13.3 Å². The van der Waals surface area contributed by atoms with Gasteiger partial charge in [-0.3, -0.25) is 4.99 Å². The first-order valence-corrected chi connectivity index (χ1v) is 10.4. The molecule has 2 N–H and O–H groups in total. The molecular weight excluding hydrogens is 374 g/mol. The summed E-state index contributed by atoms with van der Waals surface area (Å²) in [4.78, 5) is 11.4. The van der Waals surface area contributed by atoms with E-state index in [0.717, 1.165) is 36.7 Å². The summed E-state index contributed by atoms with van der Waals surface area (Å²) >= 11 is 0. The summed E-state index contributed by atoms with van der Waals surface area (Å²) < 4.78 is 5.64. The van der Waals surface area contributed by atoms with Gasteiger partial charge in [-0.25, -0.2) is 4.98 Å². The Labute approximate surface area is 178 Å². The number of benzene rings is 2. The van der Waals surface area contributed by atoms with Crippen molar-refractivity contribution in [2.24, 2.45) is 4.99 Å². The molecule has 0 radical (unpaired) electrons. The van der Waals surface area contributed by atoms with E-state index >= 15 is 0 Å². The zero-order chi connectivity index (χ0) is 20.9. The van der Waals surface area contributed by atoms with Crippen LogP contribution in [0.3, 0.4) is 0 Å². The largest absolute Gasteiger partial charge is 0.444 e. The fraction of sp³-hybridized carbons (Fsp3) is 0.333. The molecule has 3 aromatic rings. The van der Waals surface area contributed by atoms with Crippen LogP contribution in [0.1, 0.15) is 23.2 Å². The van der Waals surface area contributed by atoms with Crippen molar-refractivity contribution in [2.75, 3.05) is 25.0 Å². The van der Waals surface area contributed by atoms with E-state index in [-0.39, 0.29) is 0 Å². The molecule has 156 valence electrons. The van der Waals surface area contributed by atoms with Crippen molar-refractivity contribution in [3.63, 3.8) is 0 Å². The normalized spacial score (nSPS) is 16.7. The lowest BCUT2D eigenvalue weighted by Crippen LogP contribution is -2.44. The van der Waals surface area contributed by atoms with Crippen LogP contribution in [-0.4, -0.2) is 37.1 Å². The Bertz CT molecular complexity index is 991. The van der Waals surface area contributed by atoms with Gasteiger partial charge in [0.05, 0.1) is 12.2 Å². The molecule has 4 rings (SSSR count). The highest BCUT2D eigenvalue weighted by Gasteiger charge is 2.23. The Morgan fingerprint density at radius 1 is 1.10 bits per heavy atom. The van der Waals surface area contributed by atoms with Gasteiger partial charge in [-0.15, -0.1) is 0 Å². The lowest BCUT2D eigenvalue weighted by Gasteiger charge is -2.20. The van der Waals surface area contributed by atoms with Crippen molar-refractivity contribution in [2.45, 2.75) is 32.9 Å². The fourth-order valence-electron chi connectivity index (χ4n) is 3.65. The standard InChI is InChI=1S/C24H29N5O/c1-17-4-8-19(9-5-17)23-27-21(16-30-23)14-26-24(25-3)28-20-12-13-29(15-20)22-10-6-18(2)7-11-22/h4-11,16,20H,12-15H2,1-3H3,(H2,25,26,28). The van der Waals surface area contributed by atoms with Gasteiger partial charge in [-0.05, 0) is 44.5 Å². The van der Waals surface area contributed by atoms with Gasteiger partial charge in [-0.2, -0.15) is 0 Å². The maximum Gasteiger partial charge on any atom is 0.226 e. The minimum Gasteiger partial charge on any atom is -0.444 e. The maximum absolute atomic E-state index is 5.64. The lowest BCUT2D eigenvalue weighted by atomic mass is 10.1. The second-order valence-electron chi connectivity index (χ2n) is 7.85.